The highest BCUT2D eigenvalue weighted by Crippen LogP contribution is 2.26. The third kappa shape index (κ3) is 4.12. The molecule has 1 aromatic carbocycles. The maximum Gasteiger partial charge on any atom is 0.317 e. The monoisotopic (exact) mass is 344 g/mol. The number of hydrogen-bond acceptors (Lipinski definition) is 3. The minimum Gasteiger partial charge on any atom is -0.331 e. The van der Waals surface area contributed by atoms with Crippen molar-refractivity contribution in [1.82, 2.24) is 15.1 Å². The summed E-state index contributed by atoms with van der Waals surface area (Å²) >= 11 is 0. The second-order valence-electron chi connectivity index (χ2n) is 7.32. The standard InChI is InChI=1S/C19H28N4O2/c1-13(14-4-6-17-15(12-14)5-7-18(24)21-17)20-19(25)23-10-8-16(9-11-23)22(2)3/h4,6,12-13,16H,5,7-11H2,1-3H3,(H,20,25)(H,21,24)/t13-/m1/s1. The molecule has 136 valence electrons. The van der Waals surface area contributed by atoms with Crippen molar-refractivity contribution in [2.45, 2.75) is 44.7 Å². The van der Waals surface area contributed by atoms with Gasteiger partial charge in [-0.15, -0.1) is 0 Å². The molecule has 0 bridgehead atoms. The van der Waals surface area contributed by atoms with E-state index in [1.807, 2.05) is 24.0 Å². The SMILES string of the molecule is C[C@@H](NC(=O)N1CCC(N(C)C)CC1)c1ccc2c(c1)CCC(=O)N2. The zero-order valence-electron chi connectivity index (χ0n) is 15.3. The largest absolute Gasteiger partial charge is 0.331 e. The van der Waals surface area contributed by atoms with Gasteiger partial charge < -0.3 is 20.4 Å². The number of hydrogen-bond donors (Lipinski definition) is 2. The van der Waals surface area contributed by atoms with E-state index < -0.39 is 0 Å². The molecular weight excluding hydrogens is 316 g/mol. The zero-order valence-corrected chi connectivity index (χ0v) is 15.3. The highest BCUT2D eigenvalue weighted by molar-refractivity contribution is 5.93. The van der Waals surface area contributed by atoms with Crippen LogP contribution in [0.15, 0.2) is 18.2 Å². The van der Waals surface area contributed by atoms with Gasteiger partial charge in [-0.2, -0.15) is 0 Å². The minimum atomic E-state index is -0.0537. The molecule has 0 saturated carbocycles. The van der Waals surface area contributed by atoms with Crippen LogP contribution >= 0.6 is 0 Å². The molecule has 6 nitrogen and oxygen atoms in total. The number of nitrogens with one attached hydrogen (secondary N) is 2. The lowest BCUT2D eigenvalue weighted by atomic mass is 9.98. The van der Waals surface area contributed by atoms with Crippen molar-refractivity contribution in [3.8, 4) is 0 Å². The van der Waals surface area contributed by atoms with Gasteiger partial charge in [-0.05, 0) is 57.5 Å². The van der Waals surface area contributed by atoms with E-state index in [9.17, 15) is 9.59 Å². The molecule has 2 aliphatic heterocycles. The molecule has 2 N–H and O–H groups in total. The number of likely N-dealkylation sites (tertiary alicyclic amines) is 1. The molecular formula is C19H28N4O2. The average molecular weight is 344 g/mol. The van der Waals surface area contributed by atoms with Gasteiger partial charge >= 0.3 is 6.03 Å². The summed E-state index contributed by atoms with van der Waals surface area (Å²) in [5.41, 5.74) is 3.11. The Morgan fingerprint density at radius 1 is 1.28 bits per heavy atom. The van der Waals surface area contributed by atoms with Crippen LogP contribution in [0.5, 0.6) is 0 Å². The predicted molar refractivity (Wildman–Crippen MR) is 98.6 cm³/mol. The minimum absolute atomic E-state index is 0.00993. The molecule has 0 aromatic heterocycles. The van der Waals surface area contributed by atoms with Crippen LogP contribution in [0.1, 0.15) is 43.4 Å². The van der Waals surface area contributed by atoms with E-state index in [2.05, 4.69) is 35.7 Å². The summed E-state index contributed by atoms with van der Waals surface area (Å²) in [6.07, 6.45) is 3.33. The molecule has 6 heteroatoms. The van der Waals surface area contributed by atoms with E-state index in [-0.39, 0.29) is 18.0 Å². The molecule has 2 heterocycles. The molecule has 3 rings (SSSR count). The van der Waals surface area contributed by atoms with Gasteiger partial charge in [0.2, 0.25) is 5.91 Å². The average Bonchev–Trinajstić information content (AvgIpc) is 2.61. The van der Waals surface area contributed by atoms with Crippen LogP contribution in [0.4, 0.5) is 10.5 Å². The first kappa shape index (κ1) is 17.7. The number of piperidine rings is 1. The highest BCUT2D eigenvalue weighted by atomic mass is 16.2. The van der Waals surface area contributed by atoms with E-state index >= 15 is 0 Å². The normalized spacial score (nSPS) is 19.4. The van der Waals surface area contributed by atoms with Gasteiger partial charge in [0.15, 0.2) is 0 Å². The fourth-order valence-electron chi connectivity index (χ4n) is 3.62. The number of fused-ring (bicyclic) bond motifs is 1. The first-order valence-corrected chi connectivity index (χ1v) is 9.08. The number of carbonyl (C=O) groups excluding carboxylic acids is 2. The molecule has 0 spiro atoms. The fraction of sp³-hybridized carbons (Fsp3) is 0.579. The zero-order chi connectivity index (χ0) is 18.0. The van der Waals surface area contributed by atoms with Crippen molar-refractivity contribution in [3.63, 3.8) is 0 Å². The number of rotatable bonds is 3. The summed E-state index contributed by atoms with van der Waals surface area (Å²) in [5, 5.41) is 6.00. The summed E-state index contributed by atoms with van der Waals surface area (Å²) in [4.78, 5) is 28.1. The van der Waals surface area contributed by atoms with Gasteiger partial charge in [0.1, 0.15) is 0 Å². The van der Waals surface area contributed by atoms with E-state index in [1.54, 1.807) is 0 Å². The molecule has 1 saturated heterocycles. The second-order valence-corrected chi connectivity index (χ2v) is 7.32. The van der Waals surface area contributed by atoms with Crippen LogP contribution < -0.4 is 10.6 Å². The number of aryl methyl sites for hydroxylation is 1. The number of urea groups is 1. The van der Waals surface area contributed by atoms with Crippen LogP contribution in [0.25, 0.3) is 0 Å². The number of benzene rings is 1. The Bertz CT molecular complexity index is 651. The molecule has 0 aliphatic carbocycles. The quantitative estimate of drug-likeness (QED) is 0.885. The molecule has 1 aromatic rings. The van der Waals surface area contributed by atoms with Crippen LogP contribution in [0.3, 0.4) is 0 Å². The summed E-state index contributed by atoms with van der Waals surface area (Å²) in [7, 11) is 4.20. The Kier molecular flexibility index (Phi) is 5.27. The lowest BCUT2D eigenvalue weighted by Gasteiger charge is -2.35. The van der Waals surface area contributed by atoms with E-state index in [0.717, 1.165) is 49.2 Å². The predicted octanol–water partition coefficient (Wildman–Crippen LogP) is 2.37. The van der Waals surface area contributed by atoms with Gasteiger partial charge in [-0.25, -0.2) is 4.79 Å². The molecule has 0 radical (unpaired) electrons. The molecule has 0 unspecified atom stereocenters. The molecule has 25 heavy (non-hydrogen) atoms. The summed E-state index contributed by atoms with van der Waals surface area (Å²) in [6.45, 7) is 3.61. The Hall–Kier alpha value is -2.08. The molecule has 1 atom stereocenters. The number of nitrogens with zero attached hydrogens (tertiary/aromatic N) is 2. The van der Waals surface area contributed by atoms with Crippen LogP contribution in [0.2, 0.25) is 0 Å². The van der Waals surface area contributed by atoms with Crippen molar-refractivity contribution in [2.24, 2.45) is 0 Å². The van der Waals surface area contributed by atoms with Crippen molar-refractivity contribution < 1.29 is 9.59 Å². The topological polar surface area (TPSA) is 64.7 Å². The summed E-state index contributed by atoms with van der Waals surface area (Å²) in [6, 6.07) is 6.54. The van der Waals surface area contributed by atoms with E-state index in [0.29, 0.717) is 12.5 Å². The highest BCUT2D eigenvalue weighted by Gasteiger charge is 2.25. The van der Waals surface area contributed by atoms with Crippen molar-refractivity contribution in [1.29, 1.82) is 0 Å². The van der Waals surface area contributed by atoms with Crippen molar-refractivity contribution >= 4 is 17.6 Å². The van der Waals surface area contributed by atoms with Gasteiger partial charge in [0.25, 0.3) is 0 Å². The van der Waals surface area contributed by atoms with Gasteiger partial charge in [0.05, 0.1) is 6.04 Å². The summed E-state index contributed by atoms with van der Waals surface area (Å²) in [5.74, 6) is 0.0720. The van der Waals surface area contributed by atoms with E-state index in [1.165, 1.54) is 0 Å². The number of anilines is 1. The Balaban J connectivity index is 1.58. The smallest absolute Gasteiger partial charge is 0.317 e. The first-order valence-electron chi connectivity index (χ1n) is 9.08. The molecule has 2 aliphatic rings. The lowest BCUT2D eigenvalue weighted by Crippen LogP contribution is -2.48. The Morgan fingerprint density at radius 3 is 2.68 bits per heavy atom. The van der Waals surface area contributed by atoms with Gasteiger partial charge in [0, 0.05) is 31.2 Å². The van der Waals surface area contributed by atoms with Gasteiger partial charge in [-0.3, -0.25) is 4.79 Å². The molecule has 3 amide bonds. The fourth-order valence-corrected chi connectivity index (χ4v) is 3.62. The lowest BCUT2D eigenvalue weighted by molar-refractivity contribution is -0.116. The summed E-state index contributed by atoms with van der Waals surface area (Å²) < 4.78 is 0. The third-order valence-corrected chi connectivity index (χ3v) is 5.35. The van der Waals surface area contributed by atoms with Crippen LogP contribution in [-0.2, 0) is 11.2 Å². The maximum atomic E-state index is 12.5. The second kappa shape index (κ2) is 7.44. The third-order valence-electron chi connectivity index (χ3n) is 5.35. The number of amides is 3. The van der Waals surface area contributed by atoms with Crippen molar-refractivity contribution in [2.75, 3.05) is 32.5 Å². The van der Waals surface area contributed by atoms with E-state index in [4.69, 9.17) is 0 Å². The molecule has 1 fully saturated rings. The number of carbonyl (C=O) groups is 2. The van der Waals surface area contributed by atoms with Crippen molar-refractivity contribution in [3.05, 3.63) is 29.3 Å². The Morgan fingerprint density at radius 2 is 2.00 bits per heavy atom. The maximum absolute atomic E-state index is 12.5. The van der Waals surface area contributed by atoms with Crippen LogP contribution in [-0.4, -0.2) is 55.0 Å². The Labute approximate surface area is 149 Å². The van der Waals surface area contributed by atoms with Gasteiger partial charge in [-0.1, -0.05) is 12.1 Å². The first-order chi connectivity index (χ1) is 11.9. The van der Waals surface area contributed by atoms with Crippen LogP contribution in [0, 0.1) is 0 Å².